The van der Waals surface area contributed by atoms with Gasteiger partial charge in [-0.2, -0.15) is 0 Å². The molecule has 1 aliphatic carbocycles. The van der Waals surface area contributed by atoms with Crippen LogP contribution in [0.2, 0.25) is 0 Å². The van der Waals surface area contributed by atoms with Crippen LogP contribution >= 0.6 is 0 Å². The third-order valence-electron chi connectivity index (χ3n) is 3.68. The summed E-state index contributed by atoms with van der Waals surface area (Å²) in [4.78, 5) is 12.3. The highest BCUT2D eigenvalue weighted by Crippen LogP contribution is 2.41. The minimum Gasteiger partial charge on any atom is -0.463 e. The second-order valence-electron chi connectivity index (χ2n) is 5.05. The molecule has 0 aliphatic heterocycles. The molecule has 0 heterocycles. The summed E-state index contributed by atoms with van der Waals surface area (Å²) in [5.74, 6) is -0.370. The number of nitrogens with two attached hydrogens (primary N) is 1. The van der Waals surface area contributed by atoms with Gasteiger partial charge in [0.25, 0.3) is 0 Å². The van der Waals surface area contributed by atoms with E-state index in [2.05, 4.69) is 0 Å². The maximum absolute atomic E-state index is 12.3. The molecule has 0 spiro atoms. The first-order valence-electron chi connectivity index (χ1n) is 7.03. The number of carbonyl (C=O) groups excluding carboxylic acids is 1. The van der Waals surface area contributed by atoms with Gasteiger partial charge >= 0.3 is 5.97 Å². The van der Waals surface area contributed by atoms with Crippen LogP contribution in [0.1, 0.15) is 29.5 Å². The Morgan fingerprint density at radius 2 is 2.00 bits per heavy atom. The molecule has 0 saturated carbocycles. The molecule has 0 fully saturated rings. The van der Waals surface area contributed by atoms with Gasteiger partial charge in [0.2, 0.25) is 0 Å². The van der Waals surface area contributed by atoms with Crippen LogP contribution in [0.4, 0.5) is 5.69 Å². The second kappa shape index (κ2) is 5.44. The summed E-state index contributed by atoms with van der Waals surface area (Å²) in [7, 11) is 0. The smallest absolute Gasteiger partial charge is 0.334 e. The largest absolute Gasteiger partial charge is 0.463 e. The third kappa shape index (κ3) is 2.42. The molecule has 2 aromatic carbocycles. The summed E-state index contributed by atoms with van der Waals surface area (Å²) in [6, 6.07) is 15.7. The van der Waals surface area contributed by atoms with Crippen LogP contribution in [0, 0.1) is 0 Å². The van der Waals surface area contributed by atoms with Gasteiger partial charge in [-0.05, 0) is 41.8 Å². The summed E-state index contributed by atoms with van der Waals surface area (Å²) >= 11 is 0. The highest BCUT2D eigenvalue weighted by molar-refractivity contribution is 5.99. The topological polar surface area (TPSA) is 52.3 Å². The van der Waals surface area contributed by atoms with E-state index in [0.29, 0.717) is 17.9 Å². The molecule has 0 amide bonds. The molecule has 0 bridgehead atoms. The Morgan fingerprint density at radius 1 is 1.19 bits per heavy atom. The molecule has 0 aromatic heterocycles. The maximum atomic E-state index is 12.3. The average Bonchev–Trinajstić information content (AvgIpc) is 2.87. The lowest BCUT2D eigenvalue weighted by Gasteiger charge is -2.17. The zero-order valence-corrected chi connectivity index (χ0v) is 11.9. The average molecular weight is 279 g/mol. The molecular weight excluding hydrogens is 262 g/mol. The molecule has 0 radical (unpaired) electrons. The first kappa shape index (κ1) is 13.4. The van der Waals surface area contributed by atoms with Gasteiger partial charge in [-0.1, -0.05) is 36.4 Å². The summed E-state index contributed by atoms with van der Waals surface area (Å²) in [6.45, 7) is 2.19. The number of hydrogen-bond donors (Lipinski definition) is 1. The van der Waals surface area contributed by atoms with Crippen molar-refractivity contribution in [1.82, 2.24) is 0 Å². The van der Waals surface area contributed by atoms with Crippen molar-refractivity contribution in [2.24, 2.45) is 0 Å². The zero-order chi connectivity index (χ0) is 14.8. The van der Waals surface area contributed by atoms with Gasteiger partial charge in [-0.15, -0.1) is 0 Å². The standard InChI is InChI=1S/C18H17NO2/c1-2-21-18(20)16-11-12-6-3-4-9-15(12)17(16)13-7-5-8-14(19)10-13/h3-11,17H,2,19H2,1H3. The number of fused-ring (bicyclic) bond motifs is 1. The Bertz CT molecular complexity index is 719. The number of ether oxygens (including phenoxy) is 1. The fourth-order valence-electron chi connectivity index (χ4n) is 2.81. The molecule has 1 atom stereocenters. The van der Waals surface area contributed by atoms with Crippen LogP contribution < -0.4 is 5.73 Å². The maximum Gasteiger partial charge on any atom is 0.334 e. The van der Waals surface area contributed by atoms with E-state index in [1.54, 1.807) is 0 Å². The number of carbonyl (C=O) groups is 1. The van der Waals surface area contributed by atoms with Crippen molar-refractivity contribution in [1.29, 1.82) is 0 Å². The van der Waals surface area contributed by atoms with E-state index in [-0.39, 0.29) is 11.9 Å². The van der Waals surface area contributed by atoms with Crippen LogP contribution in [0.15, 0.2) is 54.1 Å². The Balaban J connectivity index is 2.10. The Morgan fingerprint density at radius 3 is 2.76 bits per heavy atom. The summed E-state index contributed by atoms with van der Waals surface area (Å²) < 4.78 is 5.20. The second-order valence-corrected chi connectivity index (χ2v) is 5.05. The molecule has 21 heavy (non-hydrogen) atoms. The van der Waals surface area contributed by atoms with Crippen molar-refractivity contribution in [3.8, 4) is 0 Å². The van der Waals surface area contributed by atoms with Crippen molar-refractivity contribution in [2.45, 2.75) is 12.8 Å². The molecule has 3 rings (SSSR count). The summed E-state index contributed by atoms with van der Waals surface area (Å²) in [5, 5.41) is 0. The van der Waals surface area contributed by atoms with Crippen LogP contribution in [0.25, 0.3) is 6.08 Å². The van der Waals surface area contributed by atoms with E-state index in [1.807, 2.05) is 61.5 Å². The van der Waals surface area contributed by atoms with Crippen molar-refractivity contribution in [3.63, 3.8) is 0 Å². The van der Waals surface area contributed by atoms with E-state index in [1.165, 1.54) is 0 Å². The normalized spacial score (nSPS) is 16.2. The van der Waals surface area contributed by atoms with E-state index in [9.17, 15) is 4.79 Å². The van der Waals surface area contributed by atoms with Gasteiger partial charge in [0.15, 0.2) is 0 Å². The van der Waals surface area contributed by atoms with Crippen molar-refractivity contribution in [2.75, 3.05) is 12.3 Å². The minimum atomic E-state index is -0.263. The molecule has 2 N–H and O–H groups in total. The minimum absolute atomic E-state index is 0.108. The van der Waals surface area contributed by atoms with Crippen LogP contribution in [-0.4, -0.2) is 12.6 Å². The summed E-state index contributed by atoms with van der Waals surface area (Å²) in [5.41, 5.74) is 10.4. The SMILES string of the molecule is CCOC(=O)C1=Cc2ccccc2C1c1cccc(N)c1. The molecule has 106 valence electrons. The molecule has 2 aromatic rings. The van der Waals surface area contributed by atoms with Gasteiger partial charge in [0, 0.05) is 17.2 Å². The molecule has 0 saturated heterocycles. The first-order chi connectivity index (χ1) is 10.2. The zero-order valence-electron chi connectivity index (χ0n) is 11.9. The predicted molar refractivity (Wildman–Crippen MR) is 83.7 cm³/mol. The van der Waals surface area contributed by atoms with Crippen molar-refractivity contribution >= 4 is 17.7 Å². The number of nitrogen functional groups attached to an aromatic ring is 1. The lowest BCUT2D eigenvalue weighted by atomic mass is 9.88. The number of benzene rings is 2. The molecule has 1 aliphatic rings. The fourth-order valence-corrected chi connectivity index (χ4v) is 2.81. The van der Waals surface area contributed by atoms with Gasteiger partial charge in [0.05, 0.1) is 6.61 Å². The Hall–Kier alpha value is -2.55. The van der Waals surface area contributed by atoms with E-state index >= 15 is 0 Å². The fraction of sp³-hybridized carbons (Fsp3) is 0.167. The number of esters is 1. The van der Waals surface area contributed by atoms with E-state index in [4.69, 9.17) is 10.5 Å². The van der Waals surface area contributed by atoms with Crippen LogP contribution in [0.3, 0.4) is 0 Å². The van der Waals surface area contributed by atoms with Gasteiger partial charge < -0.3 is 10.5 Å². The Labute approximate surface area is 124 Å². The first-order valence-corrected chi connectivity index (χ1v) is 7.03. The van der Waals surface area contributed by atoms with Crippen molar-refractivity contribution < 1.29 is 9.53 Å². The molecular formula is C18H17NO2. The highest BCUT2D eigenvalue weighted by atomic mass is 16.5. The van der Waals surface area contributed by atoms with Gasteiger partial charge in [0.1, 0.15) is 0 Å². The lowest BCUT2D eigenvalue weighted by Crippen LogP contribution is -2.13. The number of rotatable bonds is 3. The number of hydrogen-bond acceptors (Lipinski definition) is 3. The van der Waals surface area contributed by atoms with Crippen molar-refractivity contribution in [3.05, 3.63) is 70.8 Å². The third-order valence-corrected chi connectivity index (χ3v) is 3.68. The van der Waals surface area contributed by atoms with Crippen LogP contribution in [-0.2, 0) is 9.53 Å². The van der Waals surface area contributed by atoms with Gasteiger partial charge in [-0.25, -0.2) is 4.79 Å². The quantitative estimate of drug-likeness (QED) is 0.692. The monoisotopic (exact) mass is 279 g/mol. The van der Waals surface area contributed by atoms with Gasteiger partial charge in [-0.3, -0.25) is 0 Å². The highest BCUT2D eigenvalue weighted by Gasteiger charge is 2.31. The van der Waals surface area contributed by atoms with E-state index in [0.717, 1.165) is 16.7 Å². The molecule has 3 nitrogen and oxygen atoms in total. The lowest BCUT2D eigenvalue weighted by molar-refractivity contribution is -0.138. The summed E-state index contributed by atoms with van der Waals surface area (Å²) in [6.07, 6.45) is 1.92. The van der Waals surface area contributed by atoms with E-state index < -0.39 is 0 Å². The Kier molecular flexibility index (Phi) is 3.48. The molecule has 3 heteroatoms. The molecule has 1 unspecified atom stereocenters. The number of anilines is 1. The predicted octanol–water partition coefficient (Wildman–Crippen LogP) is 3.36. The van der Waals surface area contributed by atoms with Crippen LogP contribution in [0.5, 0.6) is 0 Å².